The zero-order valence-electron chi connectivity index (χ0n) is 16.3. The number of carbonyl (C=O) groups excluding carboxylic acids is 1. The van der Waals surface area contributed by atoms with Gasteiger partial charge in [-0.25, -0.2) is 4.39 Å². The maximum absolute atomic E-state index is 13.6. The molecule has 1 aliphatic heterocycles. The van der Waals surface area contributed by atoms with Crippen molar-refractivity contribution in [1.82, 2.24) is 10.6 Å². The smallest absolute Gasteiger partial charge is 0.339 e. The molecule has 1 heterocycles. The highest BCUT2D eigenvalue weighted by Crippen LogP contribution is 2.32. The second kappa shape index (κ2) is 8.61. The minimum absolute atomic E-state index is 0.0321. The summed E-state index contributed by atoms with van der Waals surface area (Å²) in [6, 6.07) is 18.4. The summed E-state index contributed by atoms with van der Waals surface area (Å²) in [5, 5.41) is 5.78. The van der Waals surface area contributed by atoms with Gasteiger partial charge < -0.3 is 14.8 Å². The first kappa shape index (κ1) is 22.4. The molecular formula is C22H16BrFN2O4S2. The molecule has 0 radical (unpaired) electrons. The molecule has 6 nitrogen and oxygen atoms in total. The predicted octanol–water partition coefficient (Wildman–Crippen LogP) is 3.80. The highest BCUT2D eigenvalue weighted by Gasteiger charge is 2.46. The van der Waals surface area contributed by atoms with Gasteiger partial charge >= 0.3 is 10.1 Å². The third kappa shape index (κ3) is 4.38. The van der Waals surface area contributed by atoms with Crippen LogP contribution >= 0.6 is 28.1 Å². The maximum Gasteiger partial charge on any atom is 0.339 e. The third-order valence-electron chi connectivity index (χ3n) is 4.98. The average Bonchev–Trinajstić information content (AvgIpc) is 3.05. The lowest BCUT2D eigenvalue weighted by molar-refractivity contribution is -0.124. The summed E-state index contributed by atoms with van der Waals surface area (Å²) < 4.78 is 44.0. The van der Waals surface area contributed by atoms with Crippen molar-refractivity contribution >= 4 is 49.3 Å². The molecule has 1 atom stereocenters. The highest BCUT2D eigenvalue weighted by molar-refractivity contribution is 9.10. The number of rotatable bonds is 6. The molecule has 0 spiro atoms. The molecule has 164 valence electrons. The normalized spacial score (nSPS) is 18.2. The summed E-state index contributed by atoms with van der Waals surface area (Å²) in [5.41, 5.74) is -0.0112. The van der Waals surface area contributed by atoms with Crippen LogP contribution in [0.3, 0.4) is 0 Å². The van der Waals surface area contributed by atoms with Gasteiger partial charge in [0, 0.05) is 6.42 Å². The van der Waals surface area contributed by atoms with Crippen molar-refractivity contribution in [1.29, 1.82) is 0 Å². The number of thiocarbonyl (C=S) groups is 1. The fourth-order valence-electron chi connectivity index (χ4n) is 3.43. The summed E-state index contributed by atoms with van der Waals surface area (Å²) >= 11 is 8.30. The molecule has 10 heteroatoms. The molecule has 0 saturated carbocycles. The molecule has 0 aromatic heterocycles. The Labute approximate surface area is 198 Å². The lowest BCUT2D eigenvalue weighted by Crippen LogP contribution is -2.45. The first-order valence-corrected chi connectivity index (χ1v) is 12.0. The molecule has 4 rings (SSSR count). The van der Waals surface area contributed by atoms with Gasteiger partial charge in [0.05, 0.1) is 4.47 Å². The van der Waals surface area contributed by atoms with Crippen molar-refractivity contribution in [3.8, 4) is 5.75 Å². The molecule has 32 heavy (non-hydrogen) atoms. The van der Waals surface area contributed by atoms with Crippen molar-refractivity contribution in [2.45, 2.75) is 16.9 Å². The number of hydrogen-bond acceptors (Lipinski definition) is 5. The van der Waals surface area contributed by atoms with Gasteiger partial charge in [-0.3, -0.25) is 4.79 Å². The van der Waals surface area contributed by atoms with Crippen LogP contribution in [0, 0.1) is 5.82 Å². The van der Waals surface area contributed by atoms with Crippen LogP contribution in [0.4, 0.5) is 4.39 Å². The Bertz CT molecular complexity index is 1300. The maximum atomic E-state index is 13.6. The van der Waals surface area contributed by atoms with E-state index < -0.39 is 21.5 Å². The van der Waals surface area contributed by atoms with E-state index in [4.69, 9.17) is 16.4 Å². The summed E-state index contributed by atoms with van der Waals surface area (Å²) in [7, 11) is -3.99. The first-order chi connectivity index (χ1) is 15.2. The van der Waals surface area contributed by atoms with Crippen molar-refractivity contribution in [2.24, 2.45) is 0 Å². The van der Waals surface area contributed by atoms with E-state index in [-0.39, 0.29) is 32.6 Å². The standard InChI is InChI=1S/C22H16BrFN2O4S2/c23-18-12-14(6-11-19(18)24)13-22(20(27)25-21(31)26-22)15-7-9-16(10-8-15)30-32(28,29)17-4-2-1-3-5-17/h1-12H,13H2,(H2,25,26,27,31). The molecule has 2 N–H and O–H groups in total. The third-order valence-corrected chi connectivity index (χ3v) is 7.05. The Morgan fingerprint density at radius 3 is 2.31 bits per heavy atom. The van der Waals surface area contributed by atoms with Gasteiger partial charge in [0.2, 0.25) is 0 Å². The van der Waals surface area contributed by atoms with Crippen LogP contribution in [-0.2, 0) is 26.9 Å². The van der Waals surface area contributed by atoms with Crippen LogP contribution in [-0.4, -0.2) is 19.4 Å². The lowest BCUT2D eigenvalue weighted by Gasteiger charge is -2.27. The highest BCUT2D eigenvalue weighted by atomic mass is 79.9. The minimum Gasteiger partial charge on any atom is -0.379 e. The summed E-state index contributed by atoms with van der Waals surface area (Å²) in [4.78, 5) is 12.9. The fourth-order valence-corrected chi connectivity index (χ4v) is 5.08. The molecule has 3 aromatic carbocycles. The topological polar surface area (TPSA) is 84.5 Å². The van der Waals surface area contributed by atoms with Crippen molar-refractivity contribution in [3.05, 3.63) is 94.2 Å². The molecule has 1 saturated heterocycles. The molecular weight excluding hydrogens is 519 g/mol. The van der Waals surface area contributed by atoms with E-state index in [0.717, 1.165) is 0 Å². The van der Waals surface area contributed by atoms with Gasteiger partial charge in [-0.1, -0.05) is 36.4 Å². The van der Waals surface area contributed by atoms with Crippen LogP contribution in [0.1, 0.15) is 11.1 Å². The monoisotopic (exact) mass is 534 g/mol. The van der Waals surface area contributed by atoms with Gasteiger partial charge in [0.25, 0.3) is 5.91 Å². The number of benzene rings is 3. The molecule has 0 aliphatic carbocycles. The Kier molecular flexibility index (Phi) is 6.02. The molecule has 3 aromatic rings. The Morgan fingerprint density at radius 2 is 1.72 bits per heavy atom. The van der Waals surface area contributed by atoms with E-state index in [2.05, 4.69) is 26.6 Å². The predicted molar refractivity (Wildman–Crippen MR) is 124 cm³/mol. The minimum atomic E-state index is -3.99. The van der Waals surface area contributed by atoms with Gasteiger partial charge in [-0.15, -0.1) is 0 Å². The van der Waals surface area contributed by atoms with E-state index in [9.17, 15) is 17.6 Å². The van der Waals surface area contributed by atoms with Crippen LogP contribution in [0.5, 0.6) is 5.75 Å². The molecule has 0 bridgehead atoms. The van der Waals surface area contributed by atoms with Gasteiger partial charge in [0.1, 0.15) is 22.0 Å². The van der Waals surface area contributed by atoms with E-state index in [0.29, 0.717) is 11.1 Å². The van der Waals surface area contributed by atoms with Crippen LogP contribution < -0.4 is 14.8 Å². The van der Waals surface area contributed by atoms with E-state index in [1.165, 1.54) is 30.3 Å². The van der Waals surface area contributed by atoms with Crippen molar-refractivity contribution in [2.75, 3.05) is 0 Å². The quantitative estimate of drug-likeness (QED) is 0.369. The summed E-state index contributed by atoms with van der Waals surface area (Å²) in [6.07, 6.45) is 0.181. The summed E-state index contributed by atoms with van der Waals surface area (Å²) in [6.45, 7) is 0. The van der Waals surface area contributed by atoms with Crippen molar-refractivity contribution in [3.63, 3.8) is 0 Å². The van der Waals surface area contributed by atoms with Crippen molar-refractivity contribution < 1.29 is 21.8 Å². The Hall–Kier alpha value is -2.82. The number of halogens is 2. The zero-order valence-corrected chi connectivity index (χ0v) is 19.6. The number of hydrogen-bond donors (Lipinski definition) is 2. The fraction of sp³-hybridized carbons (Fsp3) is 0.0909. The molecule has 1 amide bonds. The second-order valence-corrected chi connectivity index (χ2v) is 9.92. The molecule has 1 fully saturated rings. The largest absolute Gasteiger partial charge is 0.379 e. The first-order valence-electron chi connectivity index (χ1n) is 9.37. The van der Waals surface area contributed by atoms with Gasteiger partial charge in [-0.2, -0.15) is 8.42 Å². The SMILES string of the molecule is O=C1NC(=S)NC1(Cc1ccc(F)c(Br)c1)c1ccc(OS(=O)(=O)c2ccccc2)cc1. The average molecular weight is 535 g/mol. The van der Waals surface area contributed by atoms with E-state index >= 15 is 0 Å². The molecule has 1 aliphatic rings. The van der Waals surface area contributed by atoms with Gasteiger partial charge in [-0.05, 0) is 75.7 Å². The van der Waals surface area contributed by atoms with Gasteiger partial charge in [0.15, 0.2) is 5.11 Å². The second-order valence-electron chi connectivity index (χ2n) is 7.11. The van der Waals surface area contributed by atoms with Crippen LogP contribution in [0.15, 0.2) is 82.2 Å². The van der Waals surface area contributed by atoms with Crippen LogP contribution in [0.2, 0.25) is 0 Å². The van der Waals surface area contributed by atoms with E-state index in [1.54, 1.807) is 42.5 Å². The van der Waals surface area contributed by atoms with E-state index in [1.807, 2.05) is 0 Å². The van der Waals surface area contributed by atoms with Crippen LogP contribution in [0.25, 0.3) is 0 Å². The number of amides is 1. The zero-order chi connectivity index (χ0) is 22.9. The number of nitrogens with one attached hydrogen (secondary N) is 2. The molecule has 1 unspecified atom stereocenters. The Morgan fingerprint density at radius 1 is 1.03 bits per heavy atom. The summed E-state index contributed by atoms with van der Waals surface area (Å²) in [5.74, 6) is -0.685. The lowest BCUT2D eigenvalue weighted by atomic mass is 9.84. The number of carbonyl (C=O) groups is 1. The Balaban J connectivity index is 1.65.